The summed E-state index contributed by atoms with van der Waals surface area (Å²) in [7, 11) is 1.46. The number of anilines is 1. The van der Waals surface area contributed by atoms with Gasteiger partial charge >= 0.3 is 0 Å². The summed E-state index contributed by atoms with van der Waals surface area (Å²) in [6.45, 7) is 0. The van der Waals surface area contributed by atoms with Crippen LogP contribution in [0.25, 0.3) is 10.2 Å². The molecule has 0 atom stereocenters. The van der Waals surface area contributed by atoms with Crippen LogP contribution >= 0.6 is 22.9 Å². The highest BCUT2D eigenvalue weighted by Gasteiger charge is 2.15. The van der Waals surface area contributed by atoms with Crippen LogP contribution in [-0.4, -0.2) is 23.8 Å². The third kappa shape index (κ3) is 4.17. The molecule has 0 aliphatic heterocycles. The van der Waals surface area contributed by atoms with Crippen LogP contribution in [0.3, 0.4) is 0 Å². The second kappa shape index (κ2) is 7.80. The highest BCUT2D eigenvalue weighted by atomic mass is 35.5. The van der Waals surface area contributed by atoms with Crippen molar-refractivity contribution in [2.45, 2.75) is 12.8 Å². The van der Waals surface area contributed by atoms with E-state index in [0.29, 0.717) is 31.7 Å². The van der Waals surface area contributed by atoms with Gasteiger partial charge in [-0.2, -0.15) is 0 Å². The first kappa shape index (κ1) is 18.3. The number of benzene rings is 2. The summed E-state index contributed by atoms with van der Waals surface area (Å²) in [5.74, 6) is -0.544. The predicted octanol–water partition coefficient (Wildman–Crippen LogP) is 4.70. The highest BCUT2D eigenvalue weighted by molar-refractivity contribution is 7.22. The molecule has 0 bridgehead atoms. The van der Waals surface area contributed by atoms with Crippen LogP contribution in [0, 0.1) is 5.82 Å². The van der Waals surface area contributed by atoms with Crippen molar-refractivity contribution >= 4 is 50.0 Å². The van der Waals surface area contributed by atoms with E-state index in [0.717, 1.165) is 0 Å². The first-order valence-corrected chi connectivity index (χ1v) is 8.88. The molecule has 1 amide bonds. The minimum Gasteiger partial charge on any atom is -0.496 e. The molecule has 0 saturated carbocycles. The van der Waals surface area contributed by atoms with E-state index in [2.05, 4.69) is 10.3 Å². The van der Waals surface area contributed by atoms with Crippen LogP contribution in [-0.2, 0) is 4.79 Å². The minimum absolute atomic E-state index is 0.00204. The van der Waals surface area contributed by atoms with Gasteiger partial charge in [0.2, 0.25) is 5.91 Å². The molecule has 0 aliphatic rings. The molecule has 1 N–H and O–H groups in total. The van der Waals surface area contributed by atoms with Crippen LogP contribution in [0.1, 0.15) is 23.2 Å². The summed E-state index contributed by atoms with van der Waals surface area (Å²) in [6, 6.07) is 8.96. The summed E-state index contributed by atoms with van der Waals surface area (Å²) in [4.78, 5) is 28.6. The fraction of sp³-hybridized carbons (Fsp3) is 0.167. The van der Waals surface area contributed by atoms with E-state index in [4.69, 9.17) is 16.3 Å². The Morgan fingerprint density at radius 2 is 2.04 bits per heavy atom. The number of rotatable bonds is 6. The van der Waals surface area contributed by atoms with E-state index in [1.807, 2.05) is 0 Å². The Hall–Kier alpha value is -2.51. The molecule has 0 aliphatic carbocycles. The maximum atomic E-state index is 13.2. The number of aromatic nitrogens is 1. The molecule has 0 radical (unpaired) electrons. The molecule has 0 saturated heterocycles. The first-order chi connectivity index (χ1) is 12.5. The van der Waals surface area contributed by atoms with Crippen LogP contribution in [0.5, 0.6) is 5.75 Å². The number of nitrogens with one attached hydrogen (secondary N) is 1. The lowest BCUT2D eigenvalue weighted by atomic mass is 10.1. The zero-order valence-corrected chi connectivity index (χ0v) is 15.3. The van der Waals surface area contributed by atoms with Gasteiger partial charge in [-0.15, -0.1) is 0 Å². The largest absolute Gasteiger partial charge is 0.496 e. The maximum Gasteiger partial charge on any atom is 0.226 e. The van der Waals surface area contributed by atoms with Gasteiger partial charge in [0.15, 0.2) is 10.9 Å². The van der Waals surface area contributed by atoms with Crippen molar-refractivity contribution in [1.82, 2.24) is 4.98 Å². The van der Waals surface area contributed by atoms with Gasteiger partial charge in [-0.05, 0) is 36.4 Å². The normalized spacial score (nSPS) is 10.7. The Labute approximate surface area is 157 Å². The molecule has 1 aromatic heterocycles. The van der Waals surface area contributed by atoms with Gasteiger partial charge in [-0.25, -0.2) is 9.37 Å². The summed E-state index contributed by atoms with van der Waals surface area (Å²) < 4.78 is 19.0. The second-order valence-corrected chi connectivity index (χ2v) is 6.91. The number of nitrogens with zero attached hydrogens (tertiary/aromatic N) is 1. The number of ketones is 1. The Morgan fingerprint density at radius 1 is 1.23 bits per heavy atom. The zero-order chi connectivity index (χ0) is 18.7. The molecular formula is C18H14ClFN2O3S. The van der Waals surface area contributed by atoms with Crippen molar-refractivity contribution in [2.24, 2.45) is 0 Å². The fourth-order valence-electron chi connectivity index (χ4n) is 2.39. The molecule has 3 rings (SSSR count). The zero-order valence-electron chi connectivity index (χ0n) is 13.7. The number of methoxy groups -OCH3 is 1. The van der Waals surface area contributed by atoms with E-state index in [9.17, 15) is 14.0 Å². The second-order valence-electron chi connectivity index (χ2n) is 5.45. The molecule has 3 aromatic rings. The molecule has 0 spiro atoms. The number of carbonyl (C=O) groups excluding carboxylic acids is 2. The van der Waals surface area contributed by atoms with Crippen molar-refractivity contribution in [3.8, 4) is 5.75 Å². The molecule has 2 aromatic carbocycles. The molecule has 26 heavy (non-hydrogen) atoms. The van der Waals surface area contributed by atoms with Gasteiger partial charge in [0.1, 0.15) is 11.6 Å². The quantitative estimate of drug-likeness (QED) is 0.617. The van der Waals surface area contributed by atoms with Gasteiger partial charge in [0.05, 0.1) is 22.9 Å². The van der Waals surface area contributed by atoms with E-state index in [-0.39, 0.29) is 30.3 Å². The number of amides is 1. The Balaban J connectivity index is 1.63. The Morgan fingerprint density at radius 3 is 2.81 bits per heavy atom. The molecular weight excluding hydrogens is 379 g/mol. The van der Waals surface area contributed by atoms with Crippen LogP contribution < -0.4 is 10.1 Å². The predicted molar refractivity (Wildman–Crippen MR) is 99.8 cm³/mol. The van der Waals surface area contributed by atoms with Crippen molar-refractivity contribution in [3.63, 3.8) is 0 Å². The van der Waals surface area contributed by atoms with Gasteiger partial charge in [0.25, 0.3) is 0 Å². The lowest BCUT2D eigenvalue weighted by Gasteiger charge is -2.08. The fourth-order valence-corrected chi connectivity index (χ4v) is 3.47. The summed E-state index contributed by atoms with van der Waals surface area (Å²) in [5, 5.41) is 3.42. The molecule has 0 fully saturated rings. The average Bonchev–Trinajstić information content (AvgIpc) is 3.00. The lowest BCUT2D eigenvalue weighted by molar-refractivity contribution is -0.116. The molecule has 8 heteroatoms. The Bertz CT molecular complexity index is 990. The number of carbonyl (C=O) groups is 2. The number of hydrogen-bond donors (Lipinski definition) is 1. The van der Waals surface area contributed by atoms with Gasteiger partial charge < -0.3 is 10.1 Å². The topological polar surface area (TPSA) is 68.3 Å². The minimum atomic E-state index is -0.361. The standard InChI is InChI=1S/C18H14ClFN2O3S/c1-25-15-6-2-10(19)8-12(15)14(23)5-7-17(24)22-18-21-13-4-3-11(20)9-16(13)26-18/h2-4,6,8-9H,5,7H2,1H3,(H,21,22,24). The summed E-state index contributed by atoms with van der Waals surface area (Å²) in [5.41, 5.74) is 0.940. The summed E-state index contributed by atoms with van der Waals surface area (Å²) in [6.07, 6.45) is -0.0130. The number of ether oxygens (including phenoxy) is 1. The lowest BCUT2D eigenvalue weighted by Crippen LogP contribution is -2.13. The van der Waals surface area contributed by atoms with E-state index in [1.54, 1.807) is 18.2 Å². The monoisotopic (exact) mass is 392 g/mol. The van der Waals surface area contributed by atoms with Crippen LogP contribution in [0.15, 0.2) is 36.4 Å². The smallest absolute Gasteiger partial charge is 0.226 e. The SMILES string of the molecule is COc1ccc(Cl)cc1C(=O)CCC(=O)Nc1nc2ccc(F)cc2s1. The number of hydrogen-bond acceptors (Lipinski definition) is 5. The van der Waals surface area contributed by atoms with Crippen molar-refractivity contribution < 1.29 is 18.7 Å². The molecule has 134 valence electrons. The third-order valence-electron chi connectivity index (χ3n) is 3.64. The van der Waals surface area contributed by atoms with Crippen molar-refractivity contribution in [3.05, 3.63) is 52.8 Å². The van der Waals surface area contributed by atoms with Crippen molar-refractivity contribution in [1.29, 1.82) is 0 Å². The highest BCUT2D eigenvalue weighted by Crippen LogP contribution is 2.27. The van der Waals surface area contributed by atoms with Gasteiger partial charge in [-0.1, -0.05) is 22.9 Å². The van der Waals surface area contributed by atoms with E-state index >= 15 is 0 Å². The maximum absolute atomic E-state index is 13.2. The van der Waals surface area contributed by atoms with Gasteiger partial charge in [0, 0.05) is 17.9 Å². The first-order valence-electron chi connectivity index (χ1n) is 7.69. The van der Waals surface area contributed by atoms with E-state index in [1.165, 1.54) is 36.6 Å². The van der Waals surface area contributed by atoms with Crippen molar-refractivity contribution in [2.75, 3.05) is 12.4 Å². The number of thiazole rings is 1. The Kier molecular flexibility index (Phi) is 5.49. The van der Waals surface area contributed by atoms with Gasteiger partial charge in [-0.3, -0.25) is 9.59 Å². The third-order valence-corrected chi connectivity index (χ3v) is 4.81. The summed E-state index contributed by atoms with van der Waals surface area (Å²) >= 11 is 7.09. The van der Waals surface area contributed by atoms with Crippen LogP contribution in [0.2, 0.25) is 5.02 Å². The number of halogens is 2. The van der Waals surface area contributed by atoms with E-state index < -0.39 is 0 Å². The van der Waals surface area contributed by atoms with Crippen LogP contribution in [0.4, 0.5) is 9.52 Å². The molecule has 1 heterocycles. The average molecular weight is 393 g/mol. The number of fused-ring (bicyclic) bond motifs is 1. The number of Topliss-reactive ketones (excluding diaryl/α,β-unsaturated/α-hetero) is 1. The molecule has 0 unspecified atom stereocenters. The molecule has 5 nitrogen and oxygen atoms in total.